The van der Waals surface area contributed by atoms with Gasteiger partial charge in [-0.2, -0.15) is 0 Å². The molecule has 0 atom stereocenters. The van der Waals surface area contributed by atoms with Crippen molar-refractivity contribution in [1.82, 2.24) is 0 Å². The number of amides is 1. The molecule has 1 N–H and O–H groups in total. The summed E-state index contributed by atoms with van der Waals surface area (Å²) in [5.41, 5.74) is 2.13. The summed E-state index contributed by atoms with van der Waals surface area (Å²) in [7, 11) is 0. The van der Waals surface area contributed by atoms with E-state index >= 15 is 0 Å². The number of carbonyl (C=O) groups excluding carboxylic acids is 1. The normalized spacial score (nSPS) is 15.9. The van der Waals surface area contributed by atoms with Crippen LogP contribution in [0.4, 0.5) is 5.69 Å². The molecule has 1 aromatic rings. The van der Waals surface area contributed by atoms with E-state index in [1.165, 1.54) is 19.3 Å². The third kappa shape index (κ3) is 4.01. The molecule has 0 saturated heterocycles. The minimum absolute atomic E-state index is 0.136. The molecule has 2 rings (SSSR count). The van der Waals surface area contributed by atoms with Crippen molar-refractivity contribution in [2.75, 3.05) is 11.4 Å². The van der Waals surface area contributed by atoms with Crippen molar-refractivity contribution in [3.63, 3.8) is 0 Å². The molecule has 4 nitrogen and oxygen atoms in total. The average molecular weight is 323 g/mol. The van der Waals surface area contributed by atoms with E-state index in [-0.39, 0.29) is 5.91 Å². The number of unbranched alkanes of at least 4 members (excludes halogenated alkanes) is 4. The average Bonchev–Trinajstić information content (AvgIpc) is 2.53. The molecule has 0 aromatic heterocycles. The summed E-state index contributed by atoms with van der Waals surface area (Å²) in [5.74, 6) is 0.136. The van der Waals surface area contributed by atoms with Crippen molar-refractivity contribution in [3.05, 3.63) is 28.8 Å². The number of fused-ring (bicyclic) bond motifs is 1. The van der Waals surface area contributed by atoms with Gasteiger partial charge < -0.3 is 10.1 Å². The van der Waals surface area contributed by atoms with E-state index in [1.807, 2.05) is 6.07 Å². The van der Waals surface area contributed by atoms with Crippen molar-refractivity contribution in [2.45, 2.75) is 51.9 Å². The Morgan fingerprint density at radius 3 is 2.82 bits per heavy atom. The highest BCUT2D eigenvalue weighted by atomic mass is 35.5. The number of oxime groups is 1. The van der Waals surface area contributed by atoms with Crippen LogP contribution >= 0.6 is 11.6 Å². The number of hydrogen-bond acceptors (Lipinski definition) is 3. The van der Waals surface area contributed by atoms with Crippen molar-refractivity contribution in [3.8, 4) is 0 Å². The lowest BCUT2D eigenvalue weighted by molar-refractivity contribution is -0.118. The number of benzene rings is 1. The van der Waals surface area contributed by atoms with E-state index in [4.69, 9.17) is 16.8 Å². The molecular weight excluding hydrogens is 300 g/mol. The topological polar surface area (TPSA) is 52.9 Å². The van der Waals surface area contributed by atoms with Gasteiger partial charge in [-0.3, -0.25) is 4.79 Å². The predicted octanol–water partition coefficient (Wildman–Crippen LogP) is 4.62. The molecule has 1 aliphatic rings. The molecule has 1 aliphatic heterocycles. The first-order chi connectivity index (χ1) is 10.7. The number of hydrogen-bond donors (Lipinski definition) is 1. The van der Waals surface area contributed by atoms with E-state index < -0.39 is 0 Å². The van der Waals surface area contributed by atoms with Crippen LogP contribution in [0, 0.1) is 0 Å². The molecule has 0 aliphatic carbocycles. The lowest BCUT2D eigenvalue weighted by Crippen LogP contribution is -2.37. The van der Waals surface area contributed by atoms with Gasteiger partial charge >= 0.3 is 0 Å². The Kier molecular flexibility index (Phi) is 6.25. The van der Waals surface area contributed by atoms with Crippen LogP contribution in [-0.4, -0.2) is 23.4 Å². The number of nitrogens with zero attached hydrogens (tertiary/aromatic N) is 2. The highest BCUT2D eigenvalue weighted by Gasteiger charge is 2.26. The fraction of sp³-hybridized carbons (Fsp3) is 0.529. The summed E-state index contributed by atoms with van der Waals surface area (Å²) in [4.78, 5) is 14.3. The largest absolute Gasteiger partial charge is 0.411 e. The van der Waals surface area contributed by atoms with Gasteiger partial charge in [-0.1, -0.05) is 49.4 Å². The zero-order chi connectivity index (χ0) is 15.9. The second kappa shape index (κ2) is 8.18. The van der Waals surface area contributed by atoms with E-state index in [0.29, 0.717) is 30.1 Å². The van der Waals surface area contributed by atoms with Gasteiger partial charge in [0.25, 0.3) is 0 Å². The minimum atomic E-state index is 0.136. The number of anilines is 1. The molecule has 0 unspecified atom stereocenters. The Balaban J connectivity index is 2.05. The molecule has 120 valence electrons. The molecule has 22 heavy (non-hydrogen) atoms. The molecule has 5 heteroatoms. The first kappa shape index (κ1) is 16.8. The zero-order valence-corrected chi connectivity index (χ0v) is 13.8. The van der Waals surface area contributed by atoms with Crippen molar-refractivity contribution in [2.24, 2.45) is 5.16 Å². The Morgan fingerprint density at radius 1 is 1.32 bits per heavy atom. The first-order valence-corrected chi connectivity index (χ1v) is 8.36. The van der Waals surface area contributed by atoms with Gasteiger partial charge in [0.15, 0.2) is 0 Å². The van der Waals surface area contributed by atoms with Gasteiger partial charge in [-0.25, -0.2) is 0 Å². The highest BCUT2D eigenvalue weighted by molar-refractivity contribution is 6.31. The van der Waals surface area contributed by atoms with Crippen LogP contribution in [0.1, 0.15) is 57.4 Å². The quantitative estimate of drug-likeness (QED) is 0.472. The SMILES string of the molecule is CCCCCCCC(=O)N1CC/C(=N/O)c2cc(Cl)ccc21. The summed E-state index contributed by atoms with van der Waals surface area (Å²) in [6.45, 7) is 2.74. The summed E-state index contributed by atoms with van der Waals surface area (Å²) in [6.07, 6.45) is 6.77. The fourth-order valence-electron chi connectivity index (χ4n) is 2.83. The smallest absolute Gasteiger partial charge is 0.227 e. The van der Waals surface area contributed by atoms with Crippen LogP contribution in [0.25, 0.3) is 0 Å². The lowest BCUT2D eigenvalue weighted by Gasteiger charge is -2.30. The maximum atomic E-state index is 12.5. The van der Waals surface area contributed by atoms with Crippen LogP contribution < -0.4 is 4.90 Å². The summed E-state index contributed by atoms with van der Waals surface area (Å²) < 4.78 is 0. The van der Waals surface area contributed by atoms with E-state index in [2.05, 4.69) is 12.1 Å². The van der Waals surface area contributed by atoms with E-state index in [0.717, 1.165) is 24.1 Å². The molecule has 0 saturated carbocycles. The molecule has 0 fully saturated rings. The van der Waals surface area contributed by atoms with Crippen molar-refractivity contribution in [1.29, 1.82) is 0 Å². The highest BCUT2D eigenvalue weighted by Crippen LogP contribution is 2.30. The van der Waals surface area contributed by atoms with E-state index in [1.54, 1.807) is 17.0 Å². The van der Waals surface area contributed by atoms with Crippen LogP contribution in [0.5, 0.6) is 0 Å². The molecule has 0 bridgehead atoms. The number of carbonyl (C=O) groups is 1. The van der Waals surface area contributed by atoms with Gasteiger partial charge in [-0.05, 0) is 24.6 Å². The molecular formula is C17H23ClN2O2. The van der Waals surface area contributed by atoms with Crippen molar-refractivity contribution < 1.29 is 10.0 Å². The Bertz CT molecular complexity index is 558. The first-order valence-electron chi connectivity index (χ1n) is 7.98. The lowest BCUT2D eigenvalue weighted by atomic mass is 9.99. The molecule has 0 radical (unpaired) electrons. The number of halogens is 1. The third-order valence-electron chi connectivity index (χ3n) is 4.05. The van der Waals surface area contributed by atoms with Crippen LogP contribution in [0.2, 0.25) is 5.02 Å². The van der Waals surface area contributed by atoms with Gasteiger partial charge in [-0.15, -0.1) is 0 Å². The third-order valence-corrected chi connectivity index (χ3v) is 4.28. The zero-order valence-electron chi connectivity index (χ0n) is 13.0. The Hall–Kier alpha value is -1.55. The fourth-order valence-corrected chi connectivity index (χ4v) is 3.00. The van der Waals surface area contributed by atoms with Gasteiger partial charge in [0.05, 0.1) is 11.4 Å². The maximum Gasteiger partial charge on any atom is 0.227 e. The second-order valence-electron chi connectivity index (χ2n) is 5.67. The monoisotopic (exact) mass is 322 g/mol. The Labute approximate surface area is 136 Å². The molecule has 1 aromatic carbocycles. The van der Waals surface area contributed by atoms with E-state index in [9.17, 15) is 4.79 Å². The minimum Gasteiger partial charge on any atom is -0.411 e. The number of rotatable bonds is 6. The van der Waals surface area contributed by atoms with Gasteiger partial charge in [0.1, 0.15) is 0 Å². The maximum absolute atomic E-state index is 12.5. The molecule has 0 spiro atoms. The summed E-state index contributed by atoms with van der Waals surface area (Å²) >= 11 is 6.02. The predicted molar refractivity (Wildman–Crippen MR) is 90.1 cm³/mol. The van der Waals surface area contributed by atoms with Crippen molar-refractivity contribution >= 4 is 28.9 Å². The van der Waals surface area contributed by atoms with Crippen LogP contribution in [0.3, 0.4) is 0 Å². The summed E-state index contributed by atoms with van der Waals surface area (Å²) in [6, 6.07) is 5.35. The van der Waals surface area contributed by atoms with Gasteiger partial charge in [0.2, 0.25) is 5.91 Å². The second-order valence-corrected chi connectivity index (χ2v) is 6.10. The molecule has 1 heterocycles. The molecule has 1 amide bonds. The standard InChI is InChI=1S/C17H23ClN2O2/c1-2-3-4-5-6-7-17(21)20-11-10-15(19-22)14-12-13(18)8-9-16(14)20/h8-9,12,22H,2-7,10-11H2,1H3/b19-15-. The Morgan fingerprint density at radius 2 is 2.09 bits per heavy atom. The summed E-state index contributed by atoms with van der Waals surface area (Å²) in [5, 5.41) is 13.0. The van der Waals surface area contributed by atoms with Crippen LogP contribution in [0.15, 0.2) is 23.4 Å². The van der Waals surface area contributed by atoms with Gasteiger partial charge in [0, 0.05) is 30.0 Å². The van der Waals surface area contributed by atoms with Crippen LogP contribution in [-0.2, 0) is 4.79 Å².